The van der Waals surface area contributed by atoms with Gasteiger partial charge in [0.25, 0.3) is 15.9 Å². The zero-order valence-corrected chi connectivity index (χ0v) is 29.0. The van der Waals surface area contributed by atoms with E-state index in [9.17, 15) is 27.7 Å². The lowest BCUT2D eigenvalue weighted by Gasteiger charge is -2.43. The number of rotatable bonds is 8. The largest absolute Gasteiger partial charge is 0.493 e. The first kappa shape index (κ1) is 35.3. The maximum Gasteiger partial charge on any atom is 0.411 e. The molecule has 3 aliphatic heterocycles. The Morgan fingerprint density at radius 3 is 2.32 bits per heavy atom. The smallest absolute Gasteiger partial charge is 0.411 e. The number of amides is 2. The standard InChI is InChI=1S/C36H39F2N5O6S/c1-4-48-32-8-6-5-7-28(32)36(49-35(45)42-15-13-27(14-16-42)41-19-17-40(18-20-41)24(2)3)29-21-25(23-39)9-11-31(29)43(34(36)44)50(46,47)33-12-10-26(37)22-30(33)38/h5-12,21-22,24,27H,4,13-20H2,1-3H3. The number of carbonyl (C=O) groups is 2. The summed E-state index contributed by atoms with van der Waals surface area (Å²) in [6.07, 6.45) is 0.479. The Balaban J connectivity index is 1.40. The number of hydrogen-bond acceptors (Lipinski definition) is 9. The molecule has 0 bridgehead atoms. The Bertz CT molecular complexity index is 1940. The van der Waals surface area contributed by atoms with Gasteiger partial charge in [-0.05, 0) is 70.0 Å². The van der Waals surface area contributed by atoms with Crippen molar-refractivity contribution in [3.8, 4) is 11.8 Å². The van der Waals surface area contributed by atoms with Gasteiger partial charge in [0.15, 0.2) is 0 Å². The van der Waals surface area contributed by atoms with Crippen molar-refractivity contribution in [2.45, 2.75) is 56.2 Å². The van der Waals surface area contributed by atoms with Crippen LogP contribution in [0.2, 0.25) is 0 Å². The number of benzene rings is 3. The van der Waals surface area contributed by atoms with Crippen LogP contribution in [0.5, 0.6) is 5.75 Å². The predicted octanol–water partition coefficient (Wildman–Crippen LogP) is 4.84. The molecule has 0 N–H and O–H groups in total. The number of carbonyl (C=O) groups excluding carboxylic acids is 2. The first-order valence-corrected chi connectivity index (χ1v) is 18.1. The minimum absolute atomic E-state index is 0.0201. The van der Waals surface area contributed by atoms with Crippen LogP contribution in [0.25, 0.3) is 0 Å². The number of anilines is 1. The van der Waals surface area contributed by atoms with Crippen LogP contribution in [-0.4, -0.2) is 93.1 Å². The highest BCUT2D eigenvalue weighted by Crippen LogP contribution is 2.52. The van der Waals surface area contributed by atoms with Crippen molar-refractivity contribution in [3.05, 3.63) is 89.0 Å². The van der Waals surface area contributed by atoms with Gasteiger partial charge in [0.05, 0.1) is 29.5 Å². The number of nitriles is 1. The van der Waals surface area contributed by atoms with Crippen LogP contribution in [0, 0.1) is 23.0 Å². The van der Waals surface area contributed by atoms with E-state index in [0.717, 1.165) is 38.3 Å². The van der Waals surface area contributed by atoms with E-state index in [1.165, 1.54) is 29.2 Å². The molecule has 2 fully saturated rings. The molecule has 3 aromatic rings. The highest BCUT2D eigenvalue weighted by molar-refractivity contribution is 7.93. The number of piperazine rings is 1. The molecule has 3 heterocycles. The monoisotopic (exact) mass is 707 g/mol. The van der Waals surface area contributed by atoms with E-state index in [1.807, 2.05) is 6.07 Å². The van der Waals surface area contributed by atoms with E-state index in [-0.39, 0.29) is 40.8 Å². The molecule has 1 unspecified atom stereocenters. The highest BCUT2D eigenvalue weighted by atomic mass is 32.2. The molecule has 1 atom stereocenters. The Kier molecular flexibility index (Phi) is 9.85. The highest BCUT2D eigenvalue weighted by Gasteiger charge is 2.61. The van der Waals surface area contributed by atoms with Gasteiger partial charge in [-0.3, -0.25) is 14.6 Å². The maximum absolute atomic E-state index is 15.1. The Hall–Kier alpha value is -4.58. The van der Waals surface area contributed by atoms with Crippen LogP contribution in [0.1, 0.15) is 50.3 Å². The molecule has 3 aliphatic rings. The molecular weight excluding hydrogens is 668 g/mol. The molecule has 11 nitrogen and oxygen atoms in total. The summed E-state index contributed by atoms with van der Waals surface area (Å²) < 4.78 is 69.7. The van der Waals surface area contributed by atoms with Crippen molar-refractivity contribution < 1.29 is 36.3 Å². The summed E-state index contributed by atoms with van der Waals surface area (Å²) in [6.45, 7) is 10.7. The summed E-state index contributed by atoms with van der Waals surface area (Å²) in [6, 6.07) is 14.7. The number of fused-ring (bicyclic) bond motifs is 1. The van der Waals surface area contributed by atoms with Gasteiger partial charge in [-0.2, -0.15) is 9.57 Å². The average molecular weight is 708 g/mol. The SMILES string of the molecule is CCOc1ccccc1C1(OC(=O)N2CCC(N3CCN(C(C)C)CC3)CC2)C(=O)N(S(=O)(=O)c2ccc(F)cc2F)c2ccc(C#N)cc21. The summed E-state index contributed by atoms with van der Waals surface area (Å²) in [7, 11) is -5.06. The zero-order valence-electron chi connectivity index (χ0n) is 28.1. The molecule has 0 aliphatic carbocycles. The van der Waals surface area contributed by atoms with Crippen LogP contribution in [0.15, 0.2) is 65.6 Å². The number of ether oxygens (including phenoxy) is 2. The van der Waals surface area contributed by atoms with E-state index < -0.39 is 44.2 Å². The average Bonchev–Trinajstić information content (AvgIpc) is 3.36. The van der Waals surface area contributed by atoms with Gasteiger partial charge in [0.2, 0.25) is 5.60 Å². The van der Waals surface area contributed by atoms with Crippen LogP contribution in [-0.2, 0) is 25.2 Å². The van der Waals surface area contributed by atoms with Crippen LogP contribution in [0.4, 0.5) is 19.3 Å². The van der Waals surface area contributed by atoms with Crippen molar-refractivity contribution >= 4 is 27.7 Å². The van der Waals surface area contributed by atoms with Crippen molar-refractivity contribution in [2.75, 3.05) is 50.2 Å². The second-order valence-corrected chi connectivity index (χ2v) is 14.6. The topological polar surface area (TPSA) is 123 Å². The molecule has 0 saturated carbocycles. The number of piperidine rings is 1. The second-order valence-electron chi connectivity index (χ2n) is 12.9. The molecule has 50 heavy (non-hydrogen) atoms. The third-order valence-corrected chi connectivity index (χ3v) is 11.5. The summed E-state index contributed by atoms with van der Waals surface area (Å²) in [5, 5.41) is 9.84. The Morgan fingerprint density at radius 1 is 0.980 bits per heavy atom. The molecule has 3 aromatic carbocycles. The van der Waals surface area contributed by atoms with E-state index in [1.54, 1.807) is 25.1 Å². The normalized spacial score (nSPS) is 20.5. The Labute approximate surface area is 290 Å². The number of hydrogen-bond donors (Lipinski definition) is 0. The minimum Gasteiger partial charge on any atom is -0.493 e. The molecule has 2 saturated heterocycles. The molecule has 6 rings (SSSR count). The van der Waals surface area contributed by atoms with Crippen LogP contribution in [0.3, 0.4) is 0 Å². The van der Waals surface area contributed by atoms with Gasteiger partial charge in [0.1, 0.15) is 22.3 Å². The molecule has 0 spiro atoms. The van der Waals surface area contributed by atoms with E-state index >= 15 is 4.39 Å². The third-order valence-electron chi connectivity index (χ3n) is 9.75. The maximum atomic E-state index is 15.1. The van der Waals surface area contributed by atoms with Crippen molar-refractivity contribution in [2.24, 2.45) is 0 Å². The number of sulfonamides is 1. The van der Waals surface area contributed by atoms with Crippen molar-refractivity contribution in [1.29, 1.82) is 5.26 Å². The van der Waals surface area contributed by atoms with Gasteiger partial charge in [-0.25, -0.2) is 22.0 Å². The van der Waals surface area contributed by atoms with Gasteiger partial charge in [-0.1, -0.05) is 18.2 Å². The lowest BCUT2D eigenvalue weighted by atomic mass is 9.85. The third kappa shape index (κ3) is 6.18. The van der Waals surface area contributed by atoms with Crippen LogP contribution < -0.4 is 9.04 Å². The lowest BCUT2D eigenvalue weighted by Crippen LogP contribution is -2.55. The molecule has 0 radical (unpaired) electrons. The van der Waals surface area contributed by atoms with Gasteiger partial charge < -0.3 is 14.4 Å². The number of para-hydroxylation sites is 1. The summed E-state index contributed by atoms with van der Waals surface area (Å²) in [5.41, 5.74) is -2.76. The fraction of sp³-hybridized carbons (Fsp3) is 0.417. The van der Waals surface area contributed by atoms with Crippen LogP contribution >= 0.6 is 0 Å². The van der Waals surface area contributed by atoms with Gasteiger partial charge >= 0.3 is 6.09 Å². The fourth-order valence-electron chi connectivity index (χ4n) is 7.13. The first-order valence-electron chi connectivity index (χ1n) is 16.7. The lowest BCUT2D eigenvalue weighted by molar-refractivity contribution is -0.132. The van der Waals surface area contributed by atoms with Crippen molar-refractivity contribution in [3.63, 3.8) is 0 Å². The molecule has 14 heteroatoms. The number of nitrogens with zero attached hydrogens (tertiary/aromatic N) is 5. The number of halogens is 2. The Morgan fingerprint density at radius 2 is 1.68 bits per heavy atom. The fourth-order valence-corrected chi connectivity index (χ4v) is 8.64. The summed E-state index contributed by atoms with van der Waals surface area (Å²) in [4.78, 5) is 34.5. The predicted molar refractivity (Wildman–Crippen MR) is 180 cm³/mol. The second kappa shape index (κ2) is 14.0. The first-order chi connectivity index (χ1) is 23.9. The van der Waals surface area contributed by atoms with Gasteiger partial charge in [0, 0.05) is 63.0 Å². The summed E-state index contributed by atoms with van der Waals surface area (Å²) in [5.74, 6) is -3.53. The molecule has 2 amide bonds. The zero-order chi connectivity index (χ0) is 35.8. The molecular formula is C36H39F2N5O6S. The quantitative estimate of drug-likeness (QED) is 0.324. The number of likely N-dealkylation sites (tertiary alicyclic amines) is 1. The van der Waals surface area contributed by atoms with E-state index in [4.69, 9.17) is 9.47 Å². The summed E-state index contributed by atoms with van der Waals surface area (Å²) >= 11 is 0. The van der Waals surface area contributed by atoms with Crippen molar-refractivity contribution in [1.82, 2.24) is 14.7 Å². The van der Waals surface area contributed by atoms with E-state index in [2.05, 4.69) is 23.6 Å². The molecule has 264 valence electrons. The molecule has 0 aromatic heterocycles. The van der Waals surface area contributed by atoms with Gasteiger partial charge in [-0.15, -0.1) is 0 Å². The minimum atomic E-state index is -5.06. The van der Waals surface area contributed by atoms with E-state index in [0.29, 0.717) is 42.3 Å².